The smallest absolute Gasteiger partial charge is 0.369 e. The first-order chi connectivity index (χ1) is 16.3. The molecular weight excluding hydrogens is 483 g/mol. The van der Waals surface area contributed by atoms with Gasteiger partial charge < -0.3 is 11.1 Å². The summed E-state index contributed by atoms with van der Waals surface area (Å²) in [6.07, 6.45) is 0.886. The highest BCUT2D eigenvalue weighted by molar-refractivity contribution is 7.89. The summed E-state index contributed by atoms with van der Waals surface area (Å²) in [7, 11) is -4.66. The molecule has 0 radical (unpaired) electrons. The second kappa shape index (κ2) is 7.93. The van der Waals surface area contributed by atoms with Gasteiger partial charge in [-0.25, -0.2) is 8.42 Å². The van der Waals surface area contributed by atoms with Gasteiger partial charge in [0.05, 0.1) is 15.9 Å². The Bertz CT molecular complexity index is 1150. The van der Waals surface area contributed by atoms with E-state index in [0.717, 1.165) is 18.6 Å². The van der Waals surface area contributed by atoms with Gasteiger partial charge in [-0.05, 0) is 75.3 Å². The number of carbonyl (C=O) groups is 2. The van der Waals surface area contributed by atoms with Gasteiger partial charge in [-0.1, -0.05) is 25.0 Å². The van der Waals surface area contributed by atoms with E-state index in [0.29, 0.717) is 51.0 Å². The molecule has 5 aliphatic carbocycles. The minimum absolute atomic E-state index is 0.191. The molecule has 2 atom stereocenters. The van der Waals surface area contributed by atoms with Crippen LogP contribution in [0.25, 0.3) is 0 Å². The Morgan fingerprint density at radius 3 is 2.17 bits per heavy atom. The van der Waals surface area contributed by atoms with Crippen LogP contribution in [0, 0.1) is 17.3 Å². The molecule has 4 N–H and O–H groups in total. The molecular formula is C24H30F3N3O4S. The first-order valence-corrected chi connectivity index (χ1v) is 13.6. The summed E-state index contributed by atoms with van der Waals surface area (Å²) >= 11 is 0. The van der Waals surface area contributed by atoms with Gasteiger partial charge in [0, 0.05) is 5.54 Å². The van der Waals surface area contributed by atoms with E-state index in [2.05, 4.69) is 10.0 Å². The Morgan fingerprint density at radius 1 is 1.00 bits per heavy atom. The van der Waals surface area contributed by atoms with Gasteiger partial charge in [0.25, 0.3) is 0 Å². The Balaban J connectivity index is 1.44. The van der Waals surface area contributed by atoms with Crippen LogP contribution in [-0.2, 0) is 25.8 Å². The molecule has 6 rings (SSSR count). The zero-order valence-corrected chi connectivity index (χ0v) is 20.1. The number of rotatable bonds is 6. The Hall–Kier alpha value is -2.14. The normalized spacial score (nSPS) is 33.6. The monoisotopic (exact) mass is 513 g/mol. The molecule has 5 fully saturated rings. The lowest BCUT2D eigenvalue weighted by Gasteiger charge is -2.61. The van der Waals surface area contributed by atoms with Gasteiger partial charge in [0.15, 0.2) is 0 Å². The third-order valence-electron chi connectivity index (χ3n) is 8.67. The zero-order valence-electron chi connectivity index (χ0n) is 19.3. The number of primary amides is 1. The summed E-state index contributed by atoms with van der Waals surface area (Å²) < 4.78 is 69.4. The first kappa shape index (κ1) is 24.5. The summed E-state index contributed by atoms with van der Waals surface area (Å²) in [6.45, 7) is 0. The summed E-state index contributed by atoms with van der Waals surface area (Å²) in [5.74, 6) is -0.354. The molecule has 5 aliphatic rings. The van der Waals surface area contributed by atoms with Crippen molar-refractivity contribution < 1.29 is 31.2 Å². The average molecular weight is 514 g/mol. The molecule has 1 aromatic carbocycles. The average Bonchev–Trinajstić information content (AvgIpc) is 3.21. The molecule has 4 bridgehead atoms. The number of carbonyl (C=O) groups excluding carboxylic acids is 2. The second-order valence-corrected chi connectivity index (χ2v) is 12.9. The largest absolute Gasteiger partial charge is 0.417 e. The Kier molecular flexibility index (Phi) is 5.56. The van der Waals surface area contributed by atoms with Crippen molar-refractivity contribution in [1.82, 2.24) is 10.0 Å². The van der Waals surface area contributed by atoms with Crippen LogP contribution in [0.3, 0.4) is 0 Å². The standard InChI is InChI=1S/C24H30F3N3O4S/c25-24(26,27)17-5-1-2-6-18(17)35(33,34)30-23(7-3-4-8-23)20(32)29-22-12-15-9-16(13-22)11-21(10-15,14-22)19(28)31/h1-2,5-6,15-16,30H,3-4,7-14H2,(H2,28,31)(H,29,32). The van der Waals surface area contributed by atoms with E-state index in [9.17, 15) is 31.2 Å². The number of nitrogens with two attached hydrogens (primary N) is 1. The van der Waals surface area contributed by atoms with Gasteiger partial charge in [-0.15, -0.1) is 0 Å². The van der Waals surface area contributed by atoms with Gasteiger partial charge in [-0.3, -0.25) is 9.59 Å². The fourth-order valence-corrected chi connectivity index (χ4v) is 9.31. The topological polar surface area (TPSA) is 118 Å². The highest BCUT2D eigenvalue weighted by atomic mass is 32.2. The van der Waals surface area contributed by atoms with E-state index in [1.54, 1.807) is 0 Å². The van der Waals surface area contributed by atoms with Gasteiger partial charge in [-0.2, -0.15) is 17.9 Å². The van der Waals surface area contributed by atoms with Crippen LogP contribution in [0.2, 0.25) is 0 Å². The summed E-state index contributed by atoms with van der Waals surface area (Å²) in [6, 6.07) is 3.97. The van der Waals surface area contributed by atoms with E-state index in [1.165, 1.54) is 6.07 Å². The molecule has 192 valence electrons. The van der Waals surface area contributed by atoms with Crippen molar-refractivity contribution in [1.29, 1.82) is 0 Å². The van der Waals surface area contributed by atoms with Crippen LogP contribution in [0.15, 0.2) is 29.2 Å². The van der Waals surface area contributed by atoms with Crippen molar-refractivity contribution in [3.05, 3.63) is 29.8 Å². The Labute approximate surface area is 202 Å². The van der Waals surface area contributed by atoms with Crippen LogP contribution >= 0.6 is 0 Å². The third-order valence-corrected chi connectivity index (χ3v) is 10.3. The lowest BCUT2D eigenvalue weighted by Crippen LogP contribution is -2.69. The first-order valence-electron chi connectivity index (χ1n) is 12.1. The van der Waals surface area contributed by atoms with E-state index in [1.807, 2.05) is 0 Å². The van der Waals surface area contributed by atoms with E-state index >= 15 is 0 Å². The SMILES string of the molecule is NC(=O)C12CC3CC(CC(NC(=O)C4(NS(=O)(=O)c5ccccc5C(F)(F)F)CCCC4)(C3)C1)C2. The van der Waals surface area contributed by atoms with Crippen molar-refractivity contribution in [2.75, 3.05) is 0 Å². The van der Waals surface area contributed by atoms with Crippen molar-refractivity contribution in [2.45, 2.75) is 86.4 Å². The summed E-state index contributed by atoms with van der Waals surface area (Å²) in [5, 5.41) is 3.11. The lowest BCUT2D eigenvalue weighted by molar-refractivity contribution is -0.151. The van der Waals surface area contributed by atoms with Crippen molar-refractivity contribution in [2.24, 2.45) is 23.0 Å². The van der Waals surface area contributed by atoms with Crippen LogP contribution in [0.5, 0.6) is 0 Å². The molecule has 0 spiro atoms. The molecule has 0 saturated heterocycles. The van der Waals surface area contributed by atoms with Crippen LogP contribution < -0.4 is 15.8 Å². The summed E-state index contributed by atoms with van der Waals surface area (Å²) in [4.78, 5) is 25.2. The molecule has 0 aliphatic heterocycles. The molecule has 2 amide bonds. The number of halogens is 3. The van der Waals surface area contributed by atoms with Crippen LogP contribution in [0.4, 0.5) is 13.2 Å². The quantitative estimate of drug-likeness (QED) is 0.541. The molecule has 1 aromatic rings. The van der Waals surface area contributed by atoms with E-state index in [-0.39, 0.29) is 30.6 Å². The number of hydrogen-bond acceptors (Lipinski definition) is 4. The number of alkyl halides is 3. The highest BCUT2D eigenvalue weighted by Gasteiger charge is 2.61. The number of hydrogen-bond donors (Lipinski definition) is 3. The second-order valence-electron chi connectivity index (χ2n) is 11.2. The van der Waals surface area contributed by atoms with E-state index < -0.39 is 49.1 Å². The molecule has 0 heterocycles. The van der Waals surface area contributed by atoms with Gasteiger partial charge in [0.2, 0.25) is 21.8 Å². The number of benzene rings is 1. The molecule has 2 unspecified atom stereocenters. The predicted octanol–water partition coefficient (Wildman–Crippen LogP) is 3.24. The predicted molar refractivity (Wildman–Crippen MR) is 120 cm³/mol. The minimum atomic E-state index is -4.86. The third kappa shape index (κ3) is 4.14. The maximum absolute atomic E-state index is 13.7. The fourth-order valence-electron chi connectivity index (χ4n) is 7.66. The van der Waals surface area contributed by atoms with Gasteiger partial charge >= 0.3 is 6.18 Å². The summed E-state index contributed by atoms with van der Waals surface area (Å²) in [5.41, 5.74) is 1.66. The zero-order chi connectivity index (χ0) is 25.3. The molecule has 0 aromatic heterocycles. The van der Waals surface area contributed by atoms with Crippen molar-refractivity contribution in [3.8, 4) is 0 Å². The highest BCUT2D eigenvalue weighted by Crippen LogP contribution is 2.61. The molecule has 7 nitrogen and oxygen atoms in total. The fraction of sp³-hybridized carbons (Fsp3) is 0.667. The van der Waals surface area contributed by atoms with E-state index in [4.69, 9.17) is 5.73 Å². The number of sulfonamides is 1. The number of amides is 2. The maximum atomic E-state index is 13.7. The van der Waals surface area contributed by atoms with Crippen molar-refractivity contribution in [3.63, 3.8) is 0 Å². The van der Waals surface area contributed by atoms with Crippen LogP contribution in [0.1, 0.15) is 69.8 Å². The molecule has 35 heavy (non-hydrogen) atoms. The minimum Gasteiger partial charge on any atom is -0.369 e. The van der Waals surface area contributed by atoms with Crippen LogP contribution in [-0.4, -0.2) is 31.3 Å². The van der Waals surface area contributed by atoms with Crippen molar-refractivity contribution >= 4 is 21.8 Å². The lowest BCUT2D eigenvalue weighted by atomic mass is 9.46. The molecule has 5 saturated carbocycles. The molecule has 11 heteroatoms. The maximum Gasteiger partial charge on any atom is 0.417 e. The number of nitrogens with one attached hydrogen (secondary N) is 2. The Morgan fingerprint density at radius 2 is 1.60 bits per heavy atom. The van der Waals surface area contributed by atoms with Gasteiger partial charge in [0.1, 0.15) is 5.54 Å².